The Hall–Kier alpha value is -2.08. The van der Waals surface area contributed by atoms with Gasteiger partial charge in [0, 0.05) is 6.42 Å². The monoisotopic (exact) mass is 412 g/mol. The highest BCUT2D eigenvalue weighted by molar-refractivity contribution is 5.35. The van der Waals surface area contributed by atoms with E-state index in [1.807, 2.05) is 6.92 Å². The number of benzene rings is 1. The van der Waals surface area contributed by atoms with Crippen LogP contribution < -0.4 is 0 Å². The summed E-state index contributed by atoms with van der Waals surface area (Å²) in [5.41, 5.74) is -1.45. The smallest absolute Gasteiger partial charge is 0.417 e. The van der Waals surface area contributed by atoms with Crippen molar-refractivity contribution in [3.63, 3.8) is 0 Å². The van der Waals surface area contributed by atoms with Crippen molar-refractivity contribution in [2.24, 2.45) is 5.41 Å². The molecule has 0 heterocycles. The van der Waals surface area contributed by atoms with E-state index in [4.69, 9.17) is 4.74 Å². The van der Waals surface area contributed by atoms with E-state index >= 15 is 0 Å². The molecule has 1 aliphatic carbocycles. The maximum absolute atomic E-state index is 14.0. The molecular formula is C23H28F4O2. The van der Waals surface area contributed by atoms with Crippen LogP contribution in [0.5, 0.6) is 0 Å². The maximum Gasteiger partial charge on any atom is 0.417 e. The number of methoxy groups -OCH3 is 1. The van der Waals surface area contributed by atoms with Gasteiger partial charge in [0.25, 0.3) is 0 Å². The lowest BCUT2D eigenvalue weighted by Gasteiger charge is -2.39. The largest absolute Gasteiger partial charge is 0.497 e. The second kappa shape index (κ2) is 8.34. The fourth-order valence-electron chi connectivity index (χ4n) is 3.89. The summed E-state index contributed by atoms with van der Waals surface area (Å²) in [6.07, 6.45) is -1.94. The lowest BCUT2D eigenvalue weighted by atomic mass is 9.71. The summed E-state index contributed by atoms with van der Waals surface area (Å²) >= 11 is 0. The molecule has 160 valence electrons. The topological polar surface area (TPSA) is 29.5 Å². The molecule has 2 nitrogen and oxygen atoms in total. The molecule has 1 N–H and O–H groups in total. The van der Waals surface area contributed by atoms with Crippen molar-refractivity contribution in [3.8, 4) is 0 Å². The molecule has 0 amide bonds. The maximum atomic E-state index is 14.0. The molecular weight excluding hydrogens is 384 g/mol. The molecule has 0 bridgehead atoms. The van der Waals surface area contributed by atoms with E-state index in [0.717, 1.165) is 5.56 Å². The van der Waals surface area contributed by atoms with Crippen molar-refractivity contribution in [1.82, 2.24) is 0 Å². The summed E-state index contributed by atoms with van der Waals surface area (Å²) in [5, 5.41) is 10.8. The second-order valence-corrected chi connectivity index (χ2v) is 8.37. The molecule has 6 heteroatoms. The van der Waals surface area contributed by atoms with Gasteiger partial charge in [0.1, 0.15) is 11.6 Å². The van der Waals surface area contributed by atoms with Gasteiger partial charge in [-0.25, -0.2) is 4.39 Å². The van der Waals surface area contributed by atoms with Crippen molar-refractivity contribution in [3.05, 3.63) is 70.3 Å². The van der Waals surface area contributed by atoms with Gasteiger partial charge in [0.15, 0.2) is 5.60 Å². The van der Waals surface area contributed by atoms with Crippen LogP contribution in [0.4, 0.5) is 17.6 Å². The summed E-state index contributed by atoms with van der Waals surface area (Å²) in [7, 11) is 1.39. The van der Waals surface area contributed by atoms with Crippen LogP contribution in [0, 0.1) is 19.3 Å². The zero-order chi connectivity index (χ0) is 22.0. The van der Waals surface area contributed by atoms with Crippen LogP contribution in [-0.2, 0) is 11.2 Å². The first-order valence-corrected chi connectivity index (χ1v) is 9.46. The Bertz CT molecular complexity index is 847. The van der Waals surface area contributed by atoms with E-state index in [1.165, 1.54) is 25.3 Å². The van der Waals surface area contributed by atoms with Gasteiger partial charge in [-0.3, -0.25) is 0 Å². The Morgan fingerprint density at radius 3 is 2.31 bits per heavy atom. The van der Waals surface area contributed by atoms with Crippen LogP contribution in [0.15, 0.2) is 53.6 Å². The average molecular weight is 412 g/mol. The molecule has 1 aliphatic rings. The quantitative estimate of drug-likeness (QED) is 0.558. The normalized spacial score (nSPS) is 17.7. The third-order valence-corrected chi connectivity index (χ3v) is 5.47. The van der Waals surface area contributed by atoms with Crippen LogP contribution in [0.3, 0.4) is 0 Å². The van der Waals surface area contributed by atoms with Crippen LogP contribution in [0.1, 0.15) is 43.4 Å². The van der Waals surface area contributed by atoms with E-state index in [2.05, 4.69) is 0 Å². The van der Waals surface area contributed by atoms with Gasteiger partial charge < -0.3 is 9.84 Å². The Morgan fingerprint density at radius 2 is 1.76 bits per heavy atom. The molecule has 0 saturated carbocycles. The number of ether oxygens (including phenoxy) is 1. The third kappa shape index (κ3) is 5.30. The number of allylic oxidation sites excluding steroid dienone is 5. The Labute approximate surface area is 169 Å². The Kier molecular flexibility index (Phi) is 6.68. The molecule has 1 aromatic rings. The number of alkyl halides is 3. The van der Waals surface area contributed by atoms with Crippen LogP contribution in [0.25, 0.3) is 0 Å². The fourth-order valence-corrected chi connectivity index (χ4v) is 3.89. The SMILES string of the molecule is COC1=C(C(C)(C)CC(O)(Cc2ccc(C)cc2C)C(F)(F)F)CC=C(F)C=C1. The molecule has 1 unspecified atom stereocenters. The van der Waals surface area contributed by atoms with Gasteiger partial charge >= 0.3 is 6.18 Å². The van der Waals surface area contributed by atoms with E-state index in [9.17, 15) is 22.7 Å². The lowest BCUT2D eigenvalue weighted by Crippen LogP contribution is -2.50. The highest BCUT2D eigenvalue weighted by Gasteiger charge is 2.56. The molecule has 0 spiro atoms. The van der Waals surface area contributed by atoms with Crippen molar-refractivity contribution >= 4 is 0 Å². The first-order chi connectivity index (χ1) is 13.3. The first kappa shape index (κ1) is 23.2. The predicted molar refractivity (Wildman–Crippen MR) is 106 cm³/mol. The minimum atomic E-state index is -4.84. The fraction of sp³-hybridized carbons (Fsp3) is 0.478. The lowest BCUT2D eigenvalue weighted by molar-refractivity contribution is -0.268. The van der Waals surface area contributed by atoms with Crippen molar-refractivity contribution < 1.29 is 27.4 Å². The van der Waals surface area contributed by atoms with Crippen LogP contribution in [-0.4, -0.2) is 24.0 Å². The molecule has 0 aromatic heterocycles. The minimum Gasteiger partial charge on any atom is -0.497 e. The number of hydrogen-bond acceptors (Lipinski definition) is 2. The Morgan fingerprint density at radius 1 is 1.10 bits per heavy atom. The van der Waals surface area contributed by atoms with Gasteiger partial charge in [-0.1, -0.05) is 37.6 Å². The van der Waals surface area contributed by atoms with Gasteiger partial charge in [-0.2, -0.15) is 13.2 Å². The van der Waals surface area contributed by atoms with Gasteiger partial charge in [0.05, 0.1) is 7.11 Å². The molecule has 29 heavy (non-hydrogen) atoms. The summed E-state index contributed by atoms with van der Waals surface area (Å²) in [5.74, 6) is -0.165. The van der Waals surface area contributed by atoms with E-state index in [-0.39, 0.29) is 6.42 Å². The number of halogens is 4. The highest BCUT2D eigenvalue weighted by atomic mass is 19.4. The average Bonchev–Trinajstić information content (AvgIpc) is 2.78. The molecule has 1 atom stereocenters. The van der Waals surface area contributed by atoms with E-state index in [1.54, 1.807) is 39.0 Å². The van der Waals surface area contributed by atoms with Crippen molar-refractivity contribution in [1.29, 1.82) is 0 Å². The van der Waals surface area contributed by atoms with Gasteiger partial charge in [0.2, 0.25) is 0 Å². The zero-order valence-corrected chi connectivity index (χ0v) is 17.5. The van der Waals surface area contributed by atoms with Crippen LogP contribution in [0.2, 0.25) is 0 Å². The first-order valence-electron chi connectivity index (χ1n) is 9.46. The number of hydrogen-bond donors (Lipinski definition) is 1. The second-order valence-electron chi connectivity index (χ2n) is 8.37. The molecule has 0 aliphatic heterocycles. The van der Waals surface area contributed by atoms with E-state index in [0.29, 0.717) is 22.5 Å². The zero-order valence-electron chi connectivity index (χ0n) is 17.5. The minimum absolute atomic E-state index is 0.104. The summed E-state index contributed by atoms with van der Waals surface area (Å²) < 4.78 is 61.1. The number of aliphatic hydroxyl groups is 1. The summed E-state index contributed by atoms with van der Waals surface area (Å²) in [4.78, 5) is 0. The Balaban J connectivity index is 2.45. The molecule has 0 radical (unpaired) electrons. The van der Waals surface area contributed by atoms with E-state index < -0.39 is 35.9 Å². The third-order valence-electron chi connectivity index (χ3n) is 5.47. The molecule has 2 rings (SSSR count). The number of rotatable bonds is 6. The van der Waals surface area contributed by atoms with Crippen LogP contribution >= 0.6 is 0 Å². The standard InChI is InChI=1S/C23H28F4O2/c1-15-6-7-17(16(2)12-15)13-22(28,23(25,26)27)14-21(3,4)19-10-8-18(24)9-11-20(19)29-5/h6-9,11-12,28H,10,13-14H2,1-5H3. The summed E-state index contributed by atoms with van der Waals surface area (Å²) in [6.45, 7) is 6.83. The summed E-state index contributed by atoms with van der Waals surface area (Å²) in [6, 6.07) is 5.16. The van der Waals surface area contributed by atoms with Gasteiger partial charge in [-0.15, -0.1) is 0 Å². The van der Waals surface area contributed by atoms with Crippen molar-refractivity contribution in [2.45, 2.75) is 58.7 Å². The van der Waals surface area contributed by atoms with Crippen molar-refractivity contribution in [2.75, 3.05) is 7.11 Å². The molecule has 1 aromatic carbocycles. The predicted octanol–water partition coefficient (Wildman–Crippen LogP) is 6.27. The highest BCUT2D eigenvalue weighted by Crippen LogP contribution is 2.47. The molecule has 0 saturated heterocycles. The number of aryl methyl sites for hydroxylation is 2. The molecule has 0 fully saturated rings. The van der Waals surface area contributed by atoms with Gasteiger partial charge in [-0.05, 0) is 67.0 Å².